The minimum atomic E-state index is -0.889. The SMILES string of the molecule is Cc1ncsc1-c1ccc(CNC(=O)[C@@H]2C[C@@H](O)CN2C(=O)C(NC(=O)CCCCCCCCC(=O)N2CCN(c3ccc(C(=O)Nc4n[nH]c5ccc(Cc6cc(F)cc(F)c6)cc45)c(NC4CCOCC4)c3)CC2)C(C)(C)C)cc1. The fourth-order valence-electron chi connectivity index (χ4n) is 11.2. The predicted octanol–water partition coefficient (Wildman–Crippen LogP) is 9.29. The molecule has 3 saturated heterocycles. The van der Waals surface area contributed by atoms with E-state index in [9.17, 15) is 37.9 Å². The van der Waals surface area contributed by atoms with Gasteiger partial charge in [-0.05, 0) is 109 Å². The number of aromatic nitrogens is 3. The van der Waals surface area contributed by atoms with Gasteiger partial charge in [-0.2, -0.15) is 5.10 Å². The van der Waals surface area contributed by atoms with E-state index in [0.717, 1.165) is 84.0 Å². The van der Waals surface area contributed by atoms with Gasteiger partial charge in [0.25, 0.3) is 5.91 Å². The Morgan fingerprint density at radius 1 is 0.829 bits per heavy atom. The third kappa shape index (κ3) is 15.4. The van der Waals surface area contributed by atoms with Crippen molar-refractivity contribution in [2.45, 2.75) is 136 Å². The highest BCUT2D eigenvalue weighted by Crippen LogP contribution is 2.32. The fourth-order valence-corrected chi connectivity index (χ4v) is 12.0. The Morgan fingerprint density at radius 2 is 1.52 bits per heavy atom. The molecule has 17 nitrogen and oxygen atoms in total. The van der Waals surface area contributed by atoms with E-state index in [4.69, 9.17) is 4.74 Å². The monoisotopic (exact) mass is 1140 g/mol. The summed E-state index contributed by atoms with van der Waals surface area (Å²) in [5.41, 5.74) is 8.15. The molecular formula is C62H76F2N10O7S. The zero-order chi connectivity index (χ0) is 57.9. The maximum absolute atomic E-state index is 14.1. The number of hydrogen-bond acceptors (Lipinski definition) is 12. The van der Waals surface area contributed by atoms with E-state index in [-0.39, 0.29) is 61.5 Å². The predicted molar refractivity (Wildman–Crippen MR) is 314 cm³/mol. The summed E-state index contributed by atoms with van der Waals surface area (Å²) < 4.78 is 33.5. The molecule has 3 atom stereocenters. The summed E-state index contributed by atoms with van der Waals surface area (Å²) in [4.78, 5) is 79.4. The van der Waals surface area contributed by atoms with E-state index in [1.807, 2.05) is 98.8 Å². The first-order chi connectivity index (χ1) is 39.4. The lowest BCUT2D eigenvalue weighted by atomic mass is 9.85. The van der Waals surface area contributed by atoms with Gasteiger partial charge in [0.15, 0.2) is 5.82 Å². The number of H-pyrrole nitrogens is 1. The van der Waals surface area contributed by atoms with E-state index in [2.05, 4.69) is 41.3 Å². The number of β-amino-alcohol motifs (C(OH)–C–C–N with tert-alkyl or cyclic N) is 1. The van der Waals surface area contributed by atoms with Crippen molar-refractivity contribution in [3.8, 4) is 10.4 Å². The largest absolute Gasteiger partial charge is 0.391 e. The number of nitrogens with one attached hydrogen (secondary N) is 5. The average Bonchev–Trinajstić information content (AvgIpc) is 4.25. The lowest BCUT2D eigenvalue weighted by molar-refractivity contribution is -0.144. The normalized spacial score (nSPS) is 17.2. The Kier molecular flexibility index (Phi) is 19.7. The van der Waals surface area contributed by atoms with Gasteiger partial charge >= 0.3 is 0 Å². The summed E-state index contributed by atoms with van der Waals surface area (Å²) in [6.45, 7) is 11.6. The molecule has 3 aliphatic rings. The number of likely N-dealkylation sites (tertiary alicyclic amines) is 1. The van der Waals surface area contributed by atoms with Gasteiger partial charge in [0.1, 0.15) is 23.7 Å². The van der Waals surface area contributed by atoms with Gasteiger partial charge in [0.05, 0.1) is 33.3 Å². The van der Waals surface area contributed by atoms with E-state index < -0.39 is 35.2 Å². The van der Waals surface area contributed by atoms with Crippen LogP contribution in [-0.2, 0) is 36.9 Å². The maximum Gasteiger partial charge on any atom is 0.258 e. The number of carbonyl (C=O) groups is 5. The van der Waals surface area contributed by atoms with Crippen molar-refractivity contribution in [2.24, 2.45) is 5.41 Å². The summed E-state index contributed by atoms with van der Waals surface area (Å²) in [6.07, 6.45) is 6.85. The number of fused-ring (bicyclic) bond motifs is 1. The van der Waals surface area contributed by atoms with Gasteiger partial charge in [-0.25, -0.2) is 13.8 Å². The van der Waals surface area contributed by atoms with Gasteiger partial charge in [0, 0.05) is 101 Å². The van der Waals surface area contributed by atoms with Crippen LogP contribution in [-0.4, -0.2) is 130 Å². The number of nitrogens with zero attached hydrogens (tertiary/aromatic N) is 5. The molecule has 2 aromatic heterocycles. The number of ether oxygens (including phenoxy) is 1. The molecule has 20 heteroatoms. The molecule has 1 unspecified atom stereocenters. The summed E-state index contributed by atoms with van der Waals surface area (Å²) in [6, 6.07) is 21.0. The van der Waals surface area contributed by atoms with Gasteiger partial charge in [-0.15, -0.1) is 11.3 Å². The number of carbonyl (C=O) groups excluding carboxylic acids is 5. The number of rotatable bonds is 22. The van der Waals surface area contributed by atoms with Crippen molar-refractivity contribution in [1.29, 1.82) is 0 Å². The lowest BCUT2D eigenvalue weighted by Gasteiger charge is -2.36. The lowest BCUT2D eigenvalue weighted by Crippen LogP contribution is -2.57. The second-order valence-corrected chi connectivity index (χ2v) is 23.9. The van der Waals surface area contributed by atoms with Crippen LogP contribution < -0.4 is 26.2 Å². The highest BCUT2D eigenvalue weighted by atomic mass is 32.1. The molecule has 5 amide bonds. The number of hydrogen-bond donors (Lipinski definition) is 6. The van der Waals surface area contributed by atoms with Crippen LogP contribution in [0.5, 0.6) is 0 Å². The molecule has 6 N–H and O–H groups in total. The second-order valence-electron chi connectivity index (χ2n) is 23.1. The number of piperazine rings is 1. The molecule has 5 heterocycles. The number of anilines is 3. The molecule has 3 fully saturated rings. The van der Waals surface area contributed by atoms with Crippen molar-refractivity contribution < 1.29 is 42.6 Å². The number of amides is 5. The highest BCUT2D eigenvalue weighted by Gasteiger charge is 2.44. The number of aryl methyl sites for hydroxylation is 1. The van der Waals surface area contributed by atoms with Crippen LogP contribution in [0, 0.1) is 24.0 Å². The van der Waals surface area contributed by atoms with Crippen molar-refractivity contribution in [2.75, 3.05) is 61.5 Å². The van der Waals surface area contributed by atoms with Crippen LogP contribution in [0.2, 0.25) is 0 Å². The van der Waals surface area contributed by atoms with E-state index in [1.165, 1.54) is 17.0 Å². The van der Waals surface area contributed by atoms with E-state index in [0.29, 0.717) is 92.2 Å². The van der Waals surface area contributed by atoms with Crippen LogP contribution >= 0.6 is 11.3 Å². The quantitative estimate of drug-likeness (QED) is 0.0353. The minimum Gasteiger partial charge on any atom is -0.391 e. The first kappa shape index (κ1) is 59.3. The van der Waals surface area contributed by atoms with E-state index >= 15 is 0 Å². The van der Waals surface area contributed by atoms with Crippen molar-refractivity contribution in [1.82, 2.24) is 35.6 Å². The van der Waals surface area contributed by atoms with Gasteiger partial charge in [-0.1, -0.05) is 76.8 Å². The van der Waals surface area contributed by atoms with Crippen LogP contribution in [0.4, 0.5) is 26.0 Å². The Morgan fingerprint density at radius 3 is 2.22 bits per heavy atom. The van der Waals surface area contributed by atoms with Crippen LogP contribution in [0.1, 0.15) is 124 Å². The van der Waals surface area contributed by atoms with E-state index in [1.54, 1.807) is 11.3 Å². The number of thiazole rings is 1. The molecule has 9 rings (SSSR count). The molecule has 0 radical (unpaired) electrons. The van der Waals surface area contributed by atoms with Crippen molar-refractivity contribution >= 4 is 69.0 Å². The number of aliphatic hydroxyl groups is 1. The summed E-state index contributed by atoms with van der Waals surface area (Å²) >= 11 is 1.57. The Balaban J connectivity index is 0.690. The smallest absolute Gasteiger partial charge is 0.258 e. The van der Waals surface area contributed by atoms with Crippen molar-refractivity contribution in [3.05, 3.63) is 124 Å². The standard InChI is InChI=1S/C62H76F2N10O7S/c1-39-56(82-38-66-39)43-16-13-40(14-17-43)36-65-60(79)53-35-48(75)37-74(53)61(80)57(62(2,3)4)68-54(76)11-9-7-5-6-8-10-12-55(77)73-25-23-72(24-26-73)47-18-19-49(52(34-47)67-46-21-27-81-28-22-46)59(78)69-58-50-32-41(15-20-51(50)70-71-58)29-42-30-44(63)33-45(64)31-42/h13-20,30-34,38,46,48,53,57,67,75H,5-12,21-29,35-37H2,1-4H3,(H,65,79)(H,68,76)(H2,69,70,71,78)/t48-,53+,57?/m1/s1. The maximum atomic E-state index is 14.1. The molecular weight excluding hydrogens is 1070 g/mol. The molecule has 0 spiro atoms. The zero-order valence-corrected chi connectivity index (χ0v) is 48.1. The van der Waals surface area contributed by atoms with Gasteiger partial charge in [0.2, 0.25) is 23.6 Å². The number of aromatic amines is 1. The third-order valence-corrected chi connectivity index (χ3v) is 16.7. The number of benzene rings is 4. The number of halogens is 2. The third-order valence-electron chi connectivity index (χ3n) is 15.8. The summed E-state index contributed by atoms with van der Waals surface area (Å²) in [5, 5.41) is 31.2. The Labute approximate surface area is 482 Å². The number of unbranched alkanes of at least 4 members (excludes halogenated alkanes) is 5. The Hall–Kier alpha value is -7.29. The molecule has 6 aromatic rings. The van der Waals surface area contributed by atoms with Gasteiger partial charge in [-0.3, -0.25) is 29.1 Å². The van der Waals surface area contributed by atoms with Crippen LogP contribution in [0.15, 0.2) is 84.4 Å². The van der Waals surface area contributed by atoms with Crippen molar-refractivity contribution in [3.63, 3.8) is 0 Å². The molecule has 3 aliphatic heterocycles. The highest BCUT2D eigenvalue weighted by molar-refractivity contribution is 7.13. The molecule has 0 bridgehead atoms. The average molecular weight is 1140 g/mol. The molecule has 436 valence electrons. The minimum absolute atomic E-state index is 0.00758. The Bertz CT molecular complexity index is 3180. The molecule has 0 aliphatic carbocycles. The number of aliphatic hydroxyl groups excluding tert-OH is 1. The topological polar surface area (TPSA) is 214 Å². The summed E-state index contributed by atoms with van der Waals surface area (Å²) in [7, 11) is 0. The fraction of sp³-hybridized carbons (Fsp3) is 0.468. The van der Waals surface area contributed by atoms with Crippen LogP contribution in [0.25, 0.3) is 21.3 Å². The molecule has 4 aromatic carbocycles. The molecule has 82 heavy (non-hydrogen) atoms. The van der Waals surface area contributed by atoms with Gasteiger partial charge < -0.3 is 45.8 Å². The first-order valence-electron chi connectivity index (χ1n) is 28.7. The van der Waals surface area contributed by atoms with Crippen LogP contribution in [0.3, 0.4) is 0 Å². The second kappa shape index (κ2) is 27.2. The first-order valence-corrected chi connectivity index (χ1v) is 29.6. The zero-order valence-electron chi connectivity index (χ0n) is 47.3. The summed E-state index contributed by atoms with van der Waals surface area (Å²) in [5.74, 6) is -2.13. The molecule has 0 saturated carbocycles.